The first-order valence-corrected chi connectivity index (χ1v) is 13.3. The van der Waals surface area contributed by atoms with E-state index in [9.17, 15) is 18.7 Å². The average Bonchev–Trinajstić information content (AvgIpc) is 3.28. The number of imidazole rings is 1. The van der Waals surface area contributed by atoms with Gasteiger partial charge in [-0.3, -0.25) is 0 Å². The minimum Gasteiger partial charge on any atom is -0.478 e. The molecule has 214 valence electrons. The van der Waals surface area contributed by atoms with E-state index in [1.54, 1.807) is 24.3 Å². The maximum Gasteiger partial charge on any atom is 0.335 e. The van der Waals surface area contributed by atoms with Crippen molar-refractivity contribution in [2.24, 2.45) is 0 Å². The van der Waals surface area contributed by atoms with Gasteiger partial charge in [0, 0.05) is 29.2 Å². The largest absolute Gasteiger partial charge is 0.478 e. The number of carbonyl (C=O) groups is 1. The van der Waals surface area contributed by atoms with Gasteiger partial charge in [-0.1, -0.05) is 29.8 Å². The summed E-state index contributed by atoms with van der Waals surface area (Å²) in [5.74, 6) is -2.91. The van der Waals surface area contributed by atoms with Gasteiger partial charge in [0.15, 0.2) is 5.82 Å². The third-order valence-electron chi connectivity index (χ3n) is 7.01. The Labute approximate surface area is 242 Å². The number of fused-ring (bicyclic) bond motifs is 1. The molecule has 0 saturated carbocycles. The Morgan fingerprint density at radius 2 is 1.81 bits per heavy atom. The van der Waals surface area contributed by atoms with Crippen LogP contribution in [0.2, 0.25) is 5.02 Å². The van der Waals surface area contributed by atoms with Crippen molar-refractivity contribution in [3.63, 3.8) is 0 Å². The molecule has 2 aromatic heterocycles. The summed E-state index contributed by atoms with van der Waals surface area (Å²) in [6, 6.07) is 13.1. The molecule has 1 saturated heterocycles. The number of hydrogen-bond donors (Lipinski definition) is 1. The van der Waals surface area contributed by atoms with E-state index in [0.29, 0.717) is 35.6 Å². The Morgan fingerprint density at radius 3 is 2.52 bits per heavy atom. The maximum absolute atomic E-state index is 15.4. The lowest BCUT2D eigenvalue weighted by atomic mass is 10.1. The number of nitrogens with zero attached hydrogens (tertiary/aromatic N) is 4. The average molecular weight is 595 g/mol. The number of carboxylic acids is 1. The van der Waals surface area contributed by atoms with Gasteiger partial charge < -0.3 is 19.1 Å². The summed E-state index contributed by atoms with van der Waals surface area (Å²) in [7, 11) is 0. The standard InChI is InChI=1S/C30H22ClF3N4O4/c31-20-5-3-19(23(33)12-20)15-42-29-24(34)13-35-28(37-29)17-2-1-16(22(32)9-17)11-27-36-25-6-4-18(30(39)40)10-26(25)38(27)14-21-7-8-41-21/h1-6,9-10,12-13,21H,7-8,11,14-15H2,(H,39,40). The first kappa shape index (κ1) is 27.7. The highest BCUT2D eigenvalue weighted by molar-refractivity contribution is 6.30. The second-order valence-corrected chi connectivity index (χ2v) is 10.2. The van der Waals surface area contributed by atoms with Crippen molar-refractivity contribution < 1.29 is 32.5 Å². The molecule has 1 atom stereocenters. The molecule has 0 aliphatic carbocycles. The van der Waals surface area contributed by atoms with Crippen LogP contribution in [0.1, 0.15) is 33.7 Å². The highest BCUT2D eigenvalue weighted by Gasteiger charge is 2.23. The molecule has 0 spiro atoms. The van der Waals surface area contributed by atoms with Crippen LogP contribution in [0.15, 0.2) is 60.8 Å². The zero-order valence-corrected chi connectivity index (χ0v) is 22.6. The third-order valence-corrected chi connectivity index (χ3v) is 7.24. The van der Waals surface area contributed by atoms with Crippen LogP contribution in [0.5, 0.6) is 5.88 Å². The van der Waals surface area contributed by atoms with E-state index in [4.69, 9.17) is 21.1 Å². The highest BCUT2D eigenvalue weighted by atomic mass is 35.5. The molecule has 1 aliphatic rings. The zero-order chi connectivity index (χ0) is 29.4. The van der Waals surface area contributed by atoms with Crippen LogP contribution in [0.25, 0.3) is 22.4 Å². The molecular weight excluding hydrogens is 573 g/mol. The molecule has 1 aliphatic heterocycles. The molecule has 1 unspecified atom stereocenters. The maximum atomic E-state index is 15.4. The van der Waals surface area contributed by atoms with E-state index in [-0.39, 0.29) is 46.7 Å². The van der Waals surface area contributed by atoms with Crippen LogP contribution in [0, 0.1) is 17.5 Å². The fourth-order valence-corrected chi connectivity index (χ4v) is 4.81. The molecule has 12 heteroatoms. The van der Waals surface area contributed by atoms with Crippen molar-refractivity contribution in [3.05, 3.63) is 106 Å². The number of ether oxygens (including phenoxy) is 2. The van der Waals surface area contributed by atoms with Gasteiger partial charge in [0.25, 0.3) is 5.88 Å². The zero-order valence-electron chi connectivity index (χ0n) is 21.9. The number of rotatable bonds is 9. The van der Waals surface area contributed by atoms with Gasteiger partial charge in [0.2, 0.25) is 5.82 Å². The molecule has 0 bridgehead atoms. The lowest BCUT2D eigenvalue weighted by Gasteiger charge is -2.27. The van der Waals surface area contributed by atoms with Crippen LogP contribution in [0.3, 0.4) is 0 Å². The molecule has 1 N–H and O–H groups in total. The molecule has 6 rings (SSSR count). The Bertz CT molecular complexity index is 1830. The summed E-state index contributed by atoms with van der Waals surface area (Å²) in [5, 5.41) is 9.66. The van der Waals surface area contributed by atoms with Crippen molar-refractivity contribution in [2.75, 3.05) is 6.61 Å². The Hall–Kier alpha value is -4.48. The van der Waals surface area contributed by atoms with Crippen molar-refractivity contribution in [1.29, 1.82) is 0 Å². The highest BCUT2D eigenvalue weighted by Crippen LogP contribution is 2.27. The minimum atomic E-state index is -1.05. The molecular formula is C30H22ClF3N4O4. The van der Waals surface area contributed by atoms with Gasteiger partial charge in [-0.15, -0.1) is 0 Å². The fraction of sp³-hybridized carbons (Fsp3) is 0.200. The molecule has 5 aromatic rings. The van der Waals surface area contributed by atoms with Gasteiger partial charge in [-0.05, 0) is 48.4 Å². The normalized spacial score (nSPS) is 14.6. The monoisotopic (exact) mass is 594 g/mol. The van der Waals surface area contributed by atoms with Gasteiger partial charge in [0.05, 0.1) is 35.4 Å². The minimum absolute atomic E-state index is 0.0176. The van der Waals surface area contributed by atoms with Crippen molar-refractivity contribution >= 4 is 28.6 Å². The summed E-state index contributed by atoms with van der Waals surface area (Å²) >= 11 is 5.77. The molecule has 0 amide bonds. The van der Waals surface area contributed by atoms with Crippen LogP contribution in [-0.4, -0.2) is 43.3 Å². The van der Waals surface area contributed by atoms with E-state index in [2.05, 4.69) is 15.0 Å². The van der Waals surface area contributed by atoms with E-state index in [0.717, 1.165) is 18.7 Å². The van der Waals surface area contributed by atoms with Gasteiger partial charge >= 0.3 is 5.97 Å². The number of aromatic carboxylic acids is 1. The van der Waals surface area contributed by atoms with Crippen LogP contribution in [-0.2, 0) is 24.3 Å². The second kappa shape index (κ2) is 11.4. The second-order valence-electron chi connectivity index (χ2n) is 9.78. The van der Waals surface area contributed by atoms with Gasteiger partial charge in [-0.25, -0.2) is 23.5 Å². The number of halogens is 4. The summed E-state index contributed by atoms with van der Waals surface area (Å²) in [6.45, 7) is 0.810. The van der Waals surface area contributed by atoms with Crippen molar-refractivity contribution in [2.45, 2.75) is 32.1 Å². The summed E-state index contributed by atoms with van der Waals surface area (Å²) in [5.41, 5.74) is 2.12. The topological polar surface area (TPSA) is 99.4 Å². The van der Waals surface area contributed by atoms with Crippen LogP contribution in [0.4, 0.5) is 13.2 Å². The summed E-state index contributed by atoms with van der Waals surface area (Å²) < 4.78 is 56.7. The van der Waals surface area contributed by atoms with E-state index < -0.39 is 29.3 Å². The van der Waals surface area contributed by atoms with Gasteiger partial charge in [0.1, 0.15) is 24.1 Å². The fourth-order valence-electron chi connectivity index (χ4n) is 4.65. The summed E-state index contributed by atoms with van der Waals surface area (Å²) in [6.07, 6.45) is 1.85. The molecule has 0 radical (unpaired) electrons. The Kier molecular flexibility index (Phi) is 7.53. The molecule has 1 fully saturated rings. The first-order valence-electron chi connectivity index (χ1n) is 13.0. The lowest BCUT2D eigenvalue weighted by molar-refractivity contribution is -0.0589. The quantitative estimate of drug-likeness (QED) is 0.216. The molecule has 3 heterocycles. The third kappa shape index (κ3) is 5.65. The van der Waals surface area contributed by atoms with Crippen molar-refractivity contribution in [3.8, 4) is 17.3 Å². The summed E-state index contributed by atoms with van der Waals surface area (Å²) in [4.78, 5) is 24.2. The SMILES string of the molecule is O=C(O)c1ccc2nc(Cc3ccc(-c4ncc(F)c(OCc5ccc(Cl)cc5F)n4)cc3F)n(CC3CCO3)c2c1. The number of benzene rings is 3. The molecule has 8 nitrogen and oxygen atoms in total. The Balaban J connectivity index is 1.25. The van der Waals surface area contributed by atoms with Crippen LogP contribution < -0.4 is 4.74 Å². The first-order chi connectivity index (χ1) is 20.2. The predicted octanol–water partition coefficient (Wildman–Crippen LogP) is 6.22. The molecule has 42 heavy (non-hydrogen) atoms. The van der Waals surface area contributed by atoms with E-state index in [1.807, 2.05) is 4.57 Å². The predicted molar refractivity (Wildman–Crippen MR) is 147 cm³/mol. The number of hydrogen-bond acceptors (Lipinski definition) is 6. The van der Waals surface area contributed by atoms with E-state index in [1.165, 1.54) is 24.3 Å². The smallest absolute Gasteiger partial charge is 0.335 e. The number of aromatic nitrogens is 4. The lowest BCUT2D eigenvalue weighted by Crippen LogP contribution is -2.31. The number of carboxylic acid groups (broad SMARTS) is 1. The van der Waals surface area contributed by atoms with Gasteiger partial charge in [-0.2, -0.15) is 9.37 Å². The Morgan fingerprint density at radius 1 is 1.02 bits per heavy atom. The van der Waals surface area contributed by atoms with Crippen LogP contribution >= 0.6 is 11.6 Å². The molecule has 3 aromatic carbocycles. The van der Waals surface area contributed by atoms with E-state index >= 15 is 4.39 Å². The van der Waals surface area contributed by atoms with Crippen molar-refractivity contribution in [1.82, 2.24) is 19.5 Å².